The maximum Gasteiger partial charge on any atom is 0.306 e. The van der Waals surface area contributed by atoms with Crippen LogP contribution in [0.15, 0.2) is 0 Å². The lowest BCUT2D eigenvalue weighted by Crippen LogP contribution is -2.30. The molecule has 0 radical (unpaired) electrons. The standard InChI is InChI=1S/C54H104O6/c1-4-7-10-13-16-19-22-25-26-27-30-32-35-38-41-44-47-53(56)59-50-51(60-54(57)48-45-42-39-36-33-29-24-21-18-15-12-9-6-3)49-58-52(55)46-43-40-37-34-31-28-23-20-17-14-11-8-5-2/h51H,4-50H2,1-3H3. The van der Waals surface area contributed by atoms with Gasteiger partial charge in [0.15, 0.2) is 6.10 Å². The molecule has 6 nitrogen and oxygen atoms in total. The highest BCUT2D eigenvalue weighted by Gasteiger charge is 2.19. The maximum atomic E-state index is 12.8. The Labute approximate surface area is 374 Å². The molecular formula is C54H104O6. The third-order valence-corrected chi connectivity index (χ3v) is 12.4. The Hall–Kier alpha value is -1.59. The predicted octanol–water partition coefficient (Wildman–Crippen LogP) is 17.6. The summed E-state index contributed by atoms with van der Waals surface area (Å²) in [5, 5.41) is 0. The van der Waals surface area contributed by atoms with Crippen molar-refractivity contribution in [2.24, 2.45) is 0 Å². The number of carbonyl (C=O) groups is 3. The number of hydrogen-bond donors (Lipinski definition) is 0. The van der Waals surface area contributed by atoms with Crippen LogP contribution in [0.3, 0.4) is 0 Å². The first-order valence-electron chi connectivity index (χ1n) is 27.0. The van der Waals surface area contributed by atoms with Gasteiger partial charge in [-0.15, -0.1) is 0 Å². The van der Waals surface area contributed by atoms with Gasteiger partial charge in [-0.2, -0.15) is 0 Å². The van der Waals surface area contributed by atoms with Crippen molar-refractivity contribution >= 4 is 17.9 Å². The third kappa shape index (κ3) is 47.5. The Morgan fingerprint density at radius 3 is 0.667 bits per heavy atom. The summed E-state index contributed by atoms with van der Waals surface area (Å²) in [6.45, 7) is 6.69. The zero-order valence-electron chi connectivity index (χ0n) is 40.8. The topological polar surface area (TPSA) is 78.9 Å². The highest BCUT2D eigenvalue weighted by atomic mass is 16.6. The van der Waals surface area contributed by atoms with Crippen LogP contribution in [-0.4, -0.2) is 37.2 Å². The van der Waals surface area contributed by atoms with Gasteiger partial charge in [0, 0.05) is 19.3 Å². The largest absolute Gasteiger partial charge is 0.462 e. The van der Waals surface area contributed by atoms with E-state index in [0.29, 0.717) is 19.3 Å². The molecule has 0 aromatic carbocycles. The van der Waals surface area contributed by atoms with Gasteiger partial charge >= 0.3 is 17.9 Å². The molecule has 356 valence electrons. The van der Waals surface area contributed by atoms with Gasteiger partial charge in [-0.3, -0.25) is 14.4 Å². The number of esters is 3. The Morgan fingerprint density at radius 2 is 0.450 bits per heavy atom. The molecule has 1 atom stereocenters. The van der Waals surface area contributed by atoms with Gasteiger partial charge in [0.1, 0.15) is 13.2 Å². The van der Waals surface area contributed by atoms with E-state index in [4.69, 9.17) is 14.2 Å². The fourth-order valence-corrected chi connectivity index (χ4v) is 8.27. The van der Waals surface area contributed by atoms with E-state index in [-0.39, 0.29) is 31.1 Å². The molecule has 0 aromatic rings. The van der Waals surface area contributed by atoms with E-state index in [0.717, 1.165) is 57.8 Å². The zero-order valence-corrected chi connectivity index (χ0v) is 40.8. The summed E-state index contributed by atoms with van der Waals surface area (Å²) >= 11 is 0. The van der Waals surface area contributed by atoms with Crippen LogP contribution in [0.25, 0.3) is 0 Å². The van der Waals surface area contributed by atoms with Crippen LogP contribution in [0.5, 0.6) is 0 Å². The molecule has 0 aliphatic carbocycles. The van der Waals surface area contributed by atoms with Crippen molar-refractivity contribution in [1.29, 1.82) is 0 Å². The average Bonchev–Trinajstić information content (AvgIpc) is 3.24. The summed E-state index contributed by atoms with van der Waals surface area (Å²) in [5.74, 6) is -0.837. The van der Waals surface area contributed by atoms with Gasteiger partial charge in [-0.1, -0.05) is 271 Å². The summed E-state index contributed by atoms with van der Waals surface area (Å²) in [5.41, 5.74) is 0. The SMILES string of the molecule is CCCCCCCCCCCCCCCCCCC(=O)OCC(COC(=O)CCCCCCCCCCCCCCC)OC(=O)CCCCCCCCCCCCCCC. The highest BCUT2D eigenvalue weighted by Crippen LogP contribution is 2.17. The monoisotopic (exact) mass is 849 g/mol. The fourth-order valence-electron chi connectivity index (χ4n) is 8.27. The summed E-state index contributed by atoms with van der Waals surface area (Å²) in [6, 6.07) is 0. The summed E-state index contributed by atoms with van der Waals surface area (Å²) in [6.07, 6.45) is 53.7. The molecule has 0 aliphatic heterocycles. The Bertz CT molecular complexity index is 889. The minimum absolute atomic E-state index is 0.0615. The Morgan fingerprint density at radius 1 is 0.267 bits per heavy atom. The minimum atomic E-state index is -0.759. The number of ether oxygens (including phenoxy) is 3. The predicted molar refractivity (Wildman–Crippen MR) is 257 cm³/mol. The number of hydrogen-bond acceptors (Lipinski definition) is 6. The molecule has 0 heterocycles. The first-order valence-corrected chi connectivity index (χ1v) is 27.0. The van der Waals surface area contributed by atoms with Gasteiger partial charge in [0.2, 0.25) is 0 Å². The molecule has 0 aliphatic rings. The molecule has 0 rings (SSSR count). The van der Waals surface area contributed by atoms with Crippen molar-refractivity contribution in [1.82, 2.24) is 0 Å². The molecule has 0 spiro atoms. The Kier molecular flexibility index (Phi) is 48.7. The van der Waals surface area contributed by atoms with Crippen molar-refractivity contribution in [2.75, 3.05) is 13.2 Å². The first kappa shape index (κ1) is 58.4. The van der Waals surface area contributed by atoms with Gasteiger partial charge < -0.3 is 14.2 Å². The molecule has 0 amide bonds. The molecule has 0 saturated heterocycles. The van der Waals surface area contributed by atoms with Crippen LogP contribution in [0.2, 0.25) is 0 Å². The van der Waals surface area contributed by atoms with Crippen LogP contribution in [0.4, 0.5) is 0 Å². The second-order valence-corrected chi connectivity index (χ2v) is 18.5. The lowest BCUT2D eigenvalue weighted by molar-refractivity contribution is -0.167. The second kappa shape index (κ2) is 50.1. The summed E-state index contributed by atoms with van der Waals surface area (Å²) in [7, 11) is 0. The lowest BCUT2D eigenvalue weighted by Gasteiger charge is -2.18. The van der Waals surface area contributed by atoms with Crippen molar-refractivity contribution in [3.05, 3.63) is 0 Å². The number of rotatable bonds is 50. The molecular weight excluding hydrogens is 745 g/mol. The molecule has 0 aromatic heterocycles. The maximum absolute atomic E-state index is 12.8. The molecule has 6 heteroatoms. The normalized spacial score (nSPS) is 11.8. The van der Waals surface area contributed by atoms with Gasteiger partial charge in [0.05, 0.1) is 0 Å². The van der Waals surface area contributed by atoms with Crippen LogP contribution >= 0.6 is 0 Å². The number of carbonyl (C=O) groups excluding carboxylic acids is 3. The van der Waals surface area contributed by atoms with E-state index in [2.05, 4.69) is 20.8 Å². The molecule has 0 saturated carbocycles. The number of unbranched alkanes of at least 4 members (excludes halogenated alkanes) is 39. The zero-order chi connectivity index (χ0) is 43.7. The molecule has 0 bridgehead atoms. The lowest BCUT2D eigenvalue weighted by atomic mass is 10.0. The first-order chi connectivity index (χ1) is 29.5. The van der Waals surface area contributed by atoms with Crippen LogP contribution in [-0.2, 0) is 28.6 Å². The molecule has 0 N–H and O–H groups in total. The van der Waals surface area contributed by atoms with Crippen molar-refractivity contribution in [2.45, 2.75) is 316 Å². The van der Waals surface area contributed by atoms with Gasteiger partial charge in [-0.05, 0) is 19.3 Å². The smallest absolute Gasteiger partial charge is 0.306 e. The third-order valence-electron chi connectivity index (χ3n) is 12.4. The van der Waals surface area contributed by atoms with Crippen molar-refractivity contribution in [3.8, 4) is 0 Å². The summed E-state index contributed by atoms with van der Waals surface area (Å²) in [4.78, 5) is 38.0. The van der Waals surface area contributed by atoms with Crippen LogP contribution in [0.1, 0.15) is 310 Å². The molecule has 60 heavy (non-hydrogen) atoms. The molecule has 1 unspecified atom stereocenters. The van der Waals surface area contributed by atoms with Crippen molar-refractivity contribution in [3.63, 3.8) is 0 Å². The molecule has 0 fully saturated rings. The summed E-state index contributed by atoms with van der Waals surface area (Å²) < 4.78 is 16.8. The van der Waals surface area contributed by atoms with Crippen molar-refractivity contribution < 1.29 is 28.6 Å². The van der Waals surface area contributed by atoms with E-state index in [1.165, 1.54) is 212 Å². The van der Waals surface area contributed by atoms with E-state index in [1.807, 2.05) is 0 Å². The Balaban J connectivity index is 4.29. The van der Waals surface area contributed by atoms with E-state index in [9.17, 15) is 14.4 Å². The van der Waals surface area contributed by atoms with Crippen LogP contribution in [0, 0.1) is 0 Å². The van der Waals surface area contributed by atoms with E-state index >= 15 is 0 Å². The second-order valence-electron chi connectivity index (χ2n) is 18.5. The van der Waals surface area contributed by atoms with E-state index < -0.39 is 6.10 Å². The minimum Gasteiger partial charge on any atom is -0.462 e. The van der Waals surface area contributed by atoms with Gasteiger partial charge in [0.25, 0.3) is 0 Å². The average molecular weight is 849 g/mol. The quantitative estimate of drug-likeness (QED) is 0.0345. The van der Waals surface area contributed by atoms with Gasteiger partial charge in [-0.25, -0.2) is 0 Å². The van der Waals surface area contributed by atoms with E-state index in [1.54, 1.807) is 0 Å². The highest BCUT2D eigenvalue weighted by molar-refractivity contribution is 5.71. The van der Waals surface area contributed by atoms with Crippen LogP contribution < -0.4 is 0 Å². The fraction of sp³-hybridized carbons (Fsp3) is 0.944.